The Labute approximate surface area is 156 Å². The predicted molar refractivity (Wildman–Crippen MR) is 98.2 cm³/mol. The zero-order valence-electron chi connectivity index (χ0n) is 15.9. The monoisotopic (exact) mass is 380 g/mol. The molecule has 27 heavy (non-hydrogen) atoms. The Balaban J connectivity index is 2.54. The van der Waals surface area contributed by atoms with Crippen LogP contribution >= 0.6 is 0 Å². The lowest BCUT2D eigenvalue weighted by atomic mass is 10.2. The molecule has 0 spiro atoms. The van der Waals surface area contributed by atoms with Gasteiger partial charge in [0.2, 0.25) is 11.8 Å². The molecule has 1 aromatic carbocycles. The predicted octanol–water partition coefficient (Wildman–Crippen LogP) is 1.95. The SMILES string of the molecule is C[C@H](NC(=O)[C@@H](C)NC(=O)OC(C)(C)C)C(=O)Nc1ccc([N+](=O)[O-])cc1. The average molecular weight is 380 g/mol. The molecule has 0 heterocycles. The smallest absolute Gasteiger partial charge is 0.408 e. The molecule has 148 valence electrons. The minimum absolute atomic E-state index is 0.101. The number of nitro benzene ring substituents is 1. The van der Waals surface area contributed by atoms with Crippen molar-refractivity contribution in [3.63, 3.8) is 0 Å². The van der Waals surface area contributed by atoms with Gasteiger partial charge in [-0.25, -0.2) is 4.79 Å². The molecule has 0 aliphatic carbocycles. The van der Waals surface area contributed by atoms with Crippen molar-refractivity contribution >= 4 is 29.3 Å². The molecule has 0 fully saturated rings. The summed E-state index contributed by atoms with van der Waals surface area (Å²) in [5, 5.41) is 18.0. The molecular weight excluding hydrogens is 356 g/mol. The van der Waals surface area contributed by atoms with E-state index in [-0.39, 0.29) is 5.69 Å². The van der Waals surface area contributed by atoms with Crippen LogP contribution in [-0.2, 0) is 14.3 Å². The number of benzene rings is 1. The summed E-state index contributed by atoms with van der Waals surface area (Å²) in [6.45, 7) is 8.02. The fourth-order valence-corrected chi connectivity index (χ4v) is 1.87. The second-order valence-electron chi connectivity index (χ2n) is 6.89. The number of rotatable bonds is 6. The van der Waals surface area contributed by atoms with Crippen LogP contribution in [-0.4, -0.2) is 40.5 Å². The number of alkyl carbamates (subject to hydrolysis) is 1. The fraction of sp³-hybridized carbons (Fsp3) is 0.471. The highest BCUT2D eigenvalue weighted by molar-refractivity contribution is 5.97. The lowest BCUT2D eigenvalue weighted by molar-refractivity contribution is -0.384. The van der Waals surface area contributed by atoms with Gasteiger partial charge in [-0.3, -0.25) is 19.7 Å². The molecule has 1 aromatic rings. The van der Waals surface area contributed by atoms with E-state index < -0.39 is 40.5 Å². The second-order valence-corrected chi connectivity index (χ2v) is 6.89. The maximum Gasteiger partial charge on any atom is 0.408 e. The van der Waals surface area contributed by atoms with Crippen LogP contribution in [0.3, 0.4) is 0 Å². The molecule has 10 nitrogen and oxygen atoms in total. The Kier molecular flexibility index (Phi) is 7.26. The van der Waals surface area contributed by atoms with Crippen molar-refractivity contribution in [2.75, 3.05) is 5.32 Å². The highest BCUT2D eigenvalue weighted by atomic mass is 16.6. The number of carbonyl (C=O) groups excluding carboxylic acids is 3. The van der Waals surface area contributed by atoms with Crippen LogP contribution in [0.15, 0.2) is 24.3 Å². The zero-order chi connectivity index (χ0) is 20.8. The molecule has 1 rings (SSSR count). The summed E-state index contributed by atoms with van der Waals surface area (Å²) in [6.07, 6.45) is -0.742. The van der Waals surface area contributed by atoms with E-state index in [4.69, 9.17) is 4.74 Å². The van der Waals surface area contributed by atoms with Crippen molar-refractivity contribution in [2.45, 2.75) is 52.3 Å². The van der Waals surface area contributed by atoms with Gasteiger partial charge in [-0.2, -0.15) is 0 Å². The molecule has 0 aliphatic heterocycles. The first-order valence-electron chi connectivity index (χ1n) is 8.24. The minimum atomic E-state index is -0.908. The normalized spacial score (nSPS) is 13.1. The molecule has 2 atom stereocenters. The molecule has 0 saturated carbocycles. The number of amides is 3. The van der Waals surface area contributed by atoms with Gasteiger partial charge in [-0.05, 0) is 46.8 Å². The zero-order valence-corrected chi connectivity index (χ0v) is 15.9. The van der Waals surface area contributed by atoms with Gasteiger partial charge in [0.15, 0.2) is 0 Å². The molecule has 0 aliphatic rings. The molecule has 10 heteroatoms. The van der Waals surface area contributed by atoms with Crippen molar-refractivity contribution in [2.24, 2.45) is 0 Å². The number of carbonyl (C=O) groups is 3. The average Bonchev–Trinajstić information content (AvgIpc) is 2.53. The number of nitro groups is 1. The van der Waals surface area contributed by atoms with Crippen LogP contribution < -0.4 is 16.0 Å². The van der Waals surface area contributed by atoms with Crippen LogP contribution in [0.1, 0.15) is 34.6 Å². The molecular formula is C17H24N4O6. The first-order chi connectivity index (χ1) is 12.4. The van der Waals surface area contributed by atoms with Crippen LogP contribution in [0, 0.1) is 10.1 Å². The van der Waals surface area contributed by atoms with Gasteiger partial charge in [0.25, 0.3) is 5.69 Å². The summed E-state index contributed by atoms with van der Waals surface area (Å²) >= 11 is 0. The summed E-state index contributed by atoms with van der Waals surface area (Å²) in [6, 6.07) is 3.48. The molecule has 3 amide bonds. The third kappa shape index (κ3) is 7.72. The molecule has 0 bridgehead atoms. The Morgan fingerprint density at radius 2 is 1.52 bits per heavy atom. The third-order valence-electron chi connectivity index (χ3n) is 3.22. The summed E-state index contributed by atoms with van der Waals surface area (Å²) in [7, 11) is 0. The van der Waals surface area contributed by atoms with Crippen LogP contribution in [0.2, 0.25) is 0 Å². The van der Waals surface area contributed by atoms with E-state index in [0.717, 1.165) is 0 Å². The summed E-state index contributed by atoms with van der Waals surface area (Å²) < 4.78 is 5.06. The highest BCUT2D eigenvalue weighted by Gasteiger charge is 2.23. The molecule has 0 unspecified atom stereocenters. The van der Waals surface area contributed by atoms with Crippen molar-refractivity contribution < 1.29 is 24.0 Å². The van der Waals surface area contributed by atoms with Gasteiger partial charge in [0.1, 0.15) is 17.7 Å². The van der Waals surface area contributed by atoms with Gasteiger partial charge in [-0.1, -0.05) is 0 Å². The molecule has 0 aromatic heterocycles. The quantitative estimate of drug-likeness (QED) is 0.509. The maximum atomic E-state index is 12.1. The van der Waals surface area contributed by atoms with Crippen LogP contribution in [0.4, 0.5) is 16.2 Å². The number of hydrogen-bond donors (Lipinski definition) is 3. The van der Waals surface area contributed by atoms with Gasteiger partial charge >= 0.3 is 6.09 Å². The van der Waals surface area contributed by atoms with E-state index in [1.54, 1.807) is 20.8 Å². The summed E-state index contributed by atoms with van der Waals surface area (Å²) in [5.41, 5.74) is -0.443. The number of hydrogen-bond acceptors (Lipinski definition) is 6. The van der Waals surface area contributed by atoms with Gasteiger partial charge < -0.3 is 20.7 Å². The van der Waals surface area contributed by atoms with E-state index in [1.807, 2.05) is 0 Å². The molecule has 3 N–H and O–H groups in total. The van der Waals surface area contributed by atoms with Crippen molar-refractivity contribution in [3.8, 4) is 0 Å². The first kappa shape index (κ1) is 21.9. The minimum Gasteiger partial charge on any atom is -0.444 e. The van der Waals surface area contributed by atoms with Gasteiger partial charge in [-0.15, -0.1) is 0 Å². The van der Waals surface area contributed by atoms with Crippen molar-refractivity contribution in [1.82, 2.24) is 10.6 Å². The third-order valence-corrected chi connectivity index (χ3v) is 3.22. The number of ether oxygens (including phenoxy) is 1. The Bertz CT molecular complexity index is 711. The Morgan fingerprint density at radius 3 is 2.00 bits per heavy atom. The number of nitrogens with zero attached hydrogens (tertiary/aromatic N) is 1. The van der Waals surface area contributed by atoms with E-state index >= 15 is 0 Å². The van der Waals surface area contributed by atoms with Crippen LogP contribution in [0.5, 0.6) is 0 Å². The van der Waals surface area contributed by atoms with Gasteiger partial charge in [0.05, 0.1) is 4.92 Å². The highest BCUT2D eigenvalue weighted by Crippen LogP contribution is 2.15. The second kappa shape index (κ2) is 8.97. The number of nitrogens with one attached hydrogen (secondary N) is 3. The Morgan fingerprint density at radius 1 is 1.00 bits per heavy atom. The topological polar surface area (TPSA) is 140 Å². The number of non-ortho nitro benzene ring substituents is 1. The summed E-state index contributed by atoms with van der Waals surface area (Å²) in [5.74, 6) is -1.08. The lowest BCUT2D eigenvalue weighted by Crippen LogP contribution is -2.51. The van der Waals surface area contributed by atoms with E-state index in [9.17, 15) is 24.5 Å². The maximum absolute atomic E-state index is 12.1. The fourth-order valence-electron chi connectivity index (χ4n) is 1.87. The molecule has 0 saturated heterocycles. The Hall–Kier alpha value is -3.17. The van der Waals surface area contributed by atoms with E-state index in [2.05, 4.69) is 16.0 Å². The molecule has 0 radical (unpaired) electrons. The standard InChI is InChI=1S/C17H24N4O6/c1-10(15(23)20-12-6-8-13(9-7-12)21(25)26)18-14(22)11(2)19-16(24)27-17(3,4)5/h6-11H,1-5H3,(H,18,22)(H,19,24)(H,20,23)/t10-,11+/m0/s1. The summed E-state index contributed by atoms with van der Waals surface area (Å²) in [4.78, 5) is 46.0. The first-order valence-corrected chi connectivity index (χ1v) is 8.24. The van der Waals surface area contributed by atoms with E-state index in [0.29, 0.717) is 5.69 Å². The number of anilines is 1. The van der Waals surface area contributed by atoms with Crippen molar-refractivity contribution in [3.05, 3.63) is 34.4 Å². The van der Waals surface area contributed by atoms with Crippen molar-refractivity contribution in [1.29, 1.82) is 0 Å². The largest absolute Gasteiger partial charge is 0.444 e. The van der Waals surface area contributed by atoms with E-state index in [1.165, 1.54) is 38.1 Å². The van der Waals surface area contributed by atoms with Gasteiger partial charge in [0, 0.05) is 17.8 Å². The van der Waals surface area contributed by atoms with Crippen LogP contribution in [0.25, 0.3) is 0 Å². The lowest BCUT2D eigenvalue weighted by Gasteiger charge is -2.22.